The maximum atomic E-state index is 3.49. The summed E-state index contributed by atoms with van der Waals surface area (Å²) in [5.41, 5.74) is 1.40. The summed E-state index contributed by atoms with van der Waals surface area (Å²) in [7, 11) is 0. The Balaban J connectivity index is 2.29. The highest BCUT2D eigenvalue weighted by atomic mass is 80.0. The fourth-order valence-electron chi connectivity index (χ4n) is 1.14. The van der Waals surface area contributed by atoms with Crippen molar-refractivity contribution in [1.29, 1.82) is 0 Å². The zero-order chi connectivity index (χ0) is 9.73. The van der Waals surface area contributed by atoms with Gasteiger partial charge in [0.05, 0.1) is 0 Å². The molecule has 3 heteroatoms. The van der Waals surface area contributed by atoms with E-state index in [0.29, 0.717) is 0 Å². The molecule has 0 bridgehead atoms. The average molecular weight is 371 g/mol. The van der Waals surface area contributed by atoms with E-state index in [1.165, 1.54) is 5.56 Å². The van der Waals surface area contributed by atoms with E-state index in [-0.39, 0.29) is 2.14 Å². The lowest BCUT2D eigenvalue weighted by Gasteiger charge is -2.10. The SMILES string of the molecule is BrC(Br)(Br)CCCc1ccccc1. The van der Waals surface area contributed by atoms with E-state index in [4.69, 9.17) is 0 Å². The molecule has 0 fully saturated rings. The van der Waals surface area contributed by atoms with E-state index in [1.807, 2.05) is 6.07 Å². The minimum atomic E-state index is -0.0816. The number of benzene rings is 1. The van der Waals surface area contributed by atoms with Gasteiger partial charge in [-0.15, -0.1) is 0 Å². The van der Waals surface area contributed by atoms with Crippen molar-refractivity contribution in [3.63, 3.8) is 0 Å². The quantitative estimate of drug-likeness (QED) is 0.667. The molecular weight excluding hydrogens is 360 g/mol. The molecule has 0 aliphatic heterocycles. The van der Waals surface area contributed by atoms with Gasteiger partial charge in [-0.2, -0.15) is 0 Å². The van der Waals surface area contributed by atoms with E-state index in [2.05, 4.69) is 72.1 Å². The van der Waals surface area contributed by atoms with E-state index < -0.39 is 0 Å². The highest BCUT2D eigenvalue weighted by Crippen LogP contribution is 2.38. The van der Waals surface area contributed by atoms with Gasteiger partial charge in [0.2, 0.25) is 0 Å². The summed E-state index contributed by atoms with van der Waals surface area (Å²) < 4.78 is -0.0816. The van der Waals surface area contributed by atoms with Crippen LogP contribution in [0.15, 0.2) is 30.3 Å². The van der Waals surface area contributed by atoms with Gasteiger partial charge in [0.15, 0.2) is 0 Å². The largest absolute Gasteiger partial charge is 0.135 e. The summed E-state index contributed by atoms with van der Waals surface area (Å²) in [6, 6.07) is 10.5. The lowest BCUT2D eigenvalue weighted by molar-refractivity contribution is 0.781. The molecule has 0 heterocycles. The lowest BCUT2D eigenvalue weighted by Crippen LogP contribution is -1.99. The molecule has 0 radical (unpaired) electrons. The zero-order valence-corrected chi connectivity index (χ0v) is 11.9. The molecule has 0 N–H and O–H groups in total. The molecule has 0 spiro atoms. The second kappa shape index (κ2) is 5.52. The van der Waals surface area contributed by atoms with Crippen molar-refractivity contribution in [2.75, 3.05) is 0 Å². The molecule has 1 aromatic rings. The number of rotatable bonds is 3. The summed E-state index contributed by atoms with van der Waals surface area (Å²) >= 11 is 10.5. The van der Waals surface area contributed by atoms with E-state index in [9.17, 15) is 0 Å². The minimum absolute atomic E-state index is 0.0816. The smallest absolute Gasteiger partial charge is 0.0622 e. The van der Waals surface area contributed by atoms with Crippen molar-refractivity contribution >= 4 is 47.8 Å². The van der Waals surface area contributed by atoms with Crippen LogP contribution in [0.2, 0.25) is 0 Å². The highest BCUT2D eigenvalue weighted by Gasteiger charge is 2.16. The van der Waals surface area contributed by atoms with Crippen molar-refractivity contribution in [3.05, 3.63) is 35.9 Å². The van der Waals surface area contributed by atoms with Crippen LogP contribution in [0.3, 0.4) is 0 Å². The predicted molar refractivity (Wildman–Crippen MR) is 68.9 cm³/mol. The van der Waals surface area contributed by atoms with Crippen LogP contribution < -0.4 is 0 Å². The van der Waals surface area contributed by atoms with Gasteiger partial charge in [0.1, 0.15) is 2.14 Å². The summed E-state index contributed by atoms with van der Waals surface area (Å²) in [6.45, 7) is 0. The van der Waals surface area contributed by atoms with Crippen molar-refractivity contribution in [2.45, 2.75) is 21.4 Å². The summed E-state index contributed by atoms with van der Waals surface area (Å²) in [5, 5.41) is 0. The molecule has 0 saturated heterocycles. The highest BCUT2D eigenvalue weighted by molar-refractivity contribution is 9.39. The van der Waals surface area contributed by atoms with Crippen molar-refractivity contribution in [1.82, 2.24) is 0 Å². The Bertz CT molecular complexity index is 238. The number of aryl methyl sites for hydroxylation is 1. The molecule has 13 heavy (non-hydrogen) atoms. The normalized spacial score (nSPS) is 11.6. The number of hydrogen-bond donors (Lipinski definition) is 0. The first-order chi connectivity index (χ1) is 6.08. The monoisotopic (exact) mass is 368 g/mol. The minimum Gasteiger partial charge on any atom is -0.0622 e. The summed E-state index contributed by atoms with van der Waals surface area (Å²) in [6.07, 6.45) is 3.35. The van der Waals surface area contributed by atoms with Crippen molar-refractivity contribution in [2.24, 2.45) is 0 Å². The number of hydrogen-bond acceptors (Lipinski definition) is 0. The molecule has 0 nitrogen and oxygen atoms in total. The van der Waals surface area contributed by atoms with E-state index in [1.54, 1.807) is 0 Å². The Morgan fingerprint density at radius 1 is 1.00 bits per heavy atom. The molecule has 0 atom stereocenters. The van der Waals surface area contributed by atoms with Gasteiger partial charge < -0.3 is 0 Å². The topological polar surface area (TPSA) is 0 Å². The second-order valence-corrected chi connectivity index (χ2v) is 10.2. The van der Waals surface area contributed by atoms with Crippen LogP contribution in [0, 0.1) is 0 Å². The maximum absolute atomic E-state index is 3.49. The third-order valence-electron chi connectivity index (χ3n) is 1.77. The molecule has 1 rings (SSSR count). The summed E-state index contributed by atoms with van der Waals surface area (Å²) in [4.78, 5) is 0. The Morgan fingerprint density at radius 3 is 2.15 bits per heavy atom. The van der Waals surface area contributed by atoms with E-state index in [0.717, 1.165) is 19.3 Å². The summed E-state index contributed by atoms with van der Waals surface area (Å²) in [5.74, 6) is 0. The predicted octanol–water partition coefficient (Wildman–Crippen LogP) is 4.85. The van der Waals surface area contributed by atoms with Crippen LogP contribution in [-0.4, -0.2) is 2.14 Å². The first-order valence-electron chi connectivity index (χ1n) is 4.18. The molecule has 0 aliphatic rings. The fraction of sp³-hybridized carbons (Fsp3) is 0.400. The maximum Gasteiger partial charge on any atom is 0.135 e. The lowest BCUT2D eigenvalue weighted by atomic mass is 10.1. The Hall–Kier alpha value is 0.660. The van der Waals surface area contributed by atoms with Crippen LogP contribution in [0.1, 0.15) is 18.4 Å². The third kappa shape index (κ3) is 5.87. The van der Waals surface area contributed by atoms with Gasteiger partial charge in [0.25, 0.3) is 0 Å². The van der Waals surface area contributed by atoms with Gasteiger partial charge in [-0.05, 0) is 24.8 Å². The number of halogens is 3. The average Bonchev–Trinajstić information content (AvgIpc) is 2.04. The van der Waals surface area contributed by atoms with Crippen LogP contribution in [0.5, 0.6) is 0 Å². The van der Waals surface area contributed by atoms with Crippen LogP contribution >= 0.6 is 47.8 Å². The first-order valence-corrected chi connectivity index (χ1v) is 6.56. The van der Waals surface area contributed by atoms with E-state index >= 15 is 0 Å². The Labute approximate surface area is 104 Å². The second-order valence-electron chi connectivity index (χ2n) is 2.95. The molecule has 0 aromatic heterocycles. The van der Waals surface area contributed by atoms with Crippen molar-refractivity contribution in [3.8, 4) is 0 Å². The van der Waals surface area contributed by atoms with Gasteiger partial charge in [-0.1, -0.05) is 78.1 Å². The van der Waals surface area contributed by atoms with Gasteiger partial charge in [-0.25, -0.2) is 0 Å². The fourth-order valence-corrected chi connectivity index (χ4v) is 1.98. The molecule has 0 aliphatic carbocycles. The van der Waals surface area contributed by atoms with Gasteiger partial charge in [-0.3, -0.25) is 0 Å². The molecule has 0 unspecified atom stereocenters. The van der Waals surface area contributed by atoms with Crippen LogP contribution in [-0.2, 0) is 6.42 Å². The Morgan fingerprint density at radius 2 is 1.62 bits per heavy atom. The molecule has 72 valence electrons. The molecular formula is C10H11Br3. The third-order valence-corrected chi connectivity index (χ3v) is 2.96. The molecule has 0 amide bonds. The standard InChI is InChI=1S/C10H11Br3/c11-10(12,13)8-4-7-9-5-2-1-3-6-9/h1-3,5-6H,4,7-8H2. The van der Waals surface area contributed by atoms with Crippen LogP contribution in [0.4, 0.5) is 0 Å². The zero-order valence-electron chi connectivity index (χ0n) is 7.14. The Kier molecular flexibility index (Phi) is 4.98. The number of alkyl halides is 3. The van der Waals surface area contributed by atoms with Crippen molar-refractivity contribution < 1.29 is 0 Å². The molecule has 0 saturated carbocycles. The van der Waals surface area contributed by atoms with Gasteiger partial charge in [0, 0.05) is 0 Å². The van der Waals surface area contributed by atoms with Gasteiger partial charge >= 0.3 is 0 Å². The first kappa shape index (κ1) is 11.7. The van der Waals surface area contributed by atoms with Crippen LogP contribution in [0.25, 0.3) is 0 Å². The molecule has 1 aromatic carbocycles.